The number of anilines is 1. The number of rotatable bonds is 1. The van der Waals surface area contributed by atoms with Gasteiger partial charge in [-0.3, -0.25) is 0 Å². The first-order valence-electron chi connectivity index (χ1n) is 3.58. The molecule has 0 saturated heterocycles. The zero-order valence-corrected chi connectivity index (χ0v) is 6.36. The summed E-state index contributed by atoms with van der Waals surface area (Å²) in [5, 5.41) is 0. The summed E-state index contributed by atoms with van der Waals surface area (Å²) >= 11 is 0. The normalized spacial score (nSPS) is 10.0. The van der Waals surface area contributed by atoms with Crippen molar-refractivity contribution in [3.8, 4) is 11.4 Å². The van der Waals surface area contributed by atoms with Crippen molar-refractivity contribution < 1.29 is 0 Å². The molecule has 0 unspecified atom stereocenters. The summed E-state index contributed by atoms with van der Waals surface area (Å²) in [6, 6.07) is 5.65. The van der Waals surface area contributed by atoms with Crippen molar-refractivity contribution in [2.45, 2.75) is 0 Å². The quantitative estimate of drug-likeness (QED) is 0.655. The van der Waals surface area contributed by atoms with Crippen LogP contribution in [-0.4, -0.2) is 15.0 Å². The van der Waals surface area contributed by atoms with Crippen LogP contribution in [0.1, 0.15) is 0 Å². The van der Waals surface area contributed by atoms with Gasteiger partial charge in [0.25, 0.3) is 0 Å². The Kier molecular flexibility index (Phi) is 1.51. The van der Waals surface area contributed by atoms with E-state index in [0.29, 0.717) is 5.95 Å². The van der Waals surface area contributed by atoms with Crippen molar-refractivity contribution in [2.75, 3.05) is 5.73 Å². The van der Waals surface area contributed by atoms with Gasteiger partial charge in [-0.1, -0.05) is 0 Å². The molecule has 0 saturated carbocycles. The molecule has 0 aliphatic rings. The fourth-order valence-corrected chi connectivity index (χ4v) is 1.01. The van der Waals surface area contributed by atoms with Crippen molar-refractivity contribution in [3.05, 3.63) is 30.6 Å². The number of hydrogen-bond donors (Lipinski definition) is 2. The number of aromatic nitrogens is 3. The first kappa shape index (κ1) is 6.84. The van der Waals surface area contributed by atoms with Crippen molar-refractivity contribution in [1.29, 1.82) is 0 Å². The summed E-state index contributed by atoms with van der Waals surface area (Å²) in [7, 11) is 0. The minimum atomic E-state index is 0.294. The van der Waals surface area contributed by atoms with Gasteiger partial charge in [0.2, 0.25) is 5.95 Å². The van der Waals surface area contributed by atoms with E-state index >= 15 is 0 Å². The van der Waals surface area contributed by atoms with Crippen LogP contribution in [0.3, 0.4) is 0 Å². The van der Waals surface area contributed by atoms with E-state index in [1.807, 2.05) is 24.4 Å². The van der Waals surface area contributed by atoms with E-state index in [4.69, 9.17) is 5.73 Å². The van der Waals surface area contributed by atoms with Gasteiger partial charge in [0.1, 0.15) is 0 Å². The maximum atomic E-state index is 5.43. The van der Waals surface area contributed by atoms with Gasteiger partial charge in [-0.2, -0.15) is 0 Å². The monoisotopic (exact) mass is 160 g/mol. The maximum absolute atomic E-state index is 5.43. The largest absolute Gasteiger partial charge is 0.368 e. The Hall–Kier alpha value is -1.84. The molecule has 2 heterocycles. The van der Waals surface area contributed by atoms with E-state index in [1.54, 1.807) is 6.20 Å². The van der Waals surface area contributed by atoms with Gasteiger partial charge in [-0.15, -0.1) is 0 Å². The van der Waals surface area contributed by atoms with Crippen LogP contribution in [0.25, 0.3) is 11.4 Å². The van der Waals surface area contributed by atoms with E-state index < -0.39 is 0 Å². The number of nitrogens with zero attached hydrogens (tertiary/aromatic N) is 2. The van der Waals surface area contributed by atoms with Gasteiger partial charge < -0.3 is 10.7 Å². The van der Waals surface area contributed by atoms with Crippen LogP contribution in [0.2, 0.25) is 0 Å². The lowest BCUT2D eigenvalue weighted by Gasteiger charge is -1.96. The molecule has 0 amide bonds. The highest BCUT2D eigenvalue weighted by molar-refractivity contribution is 5.54. The molecule has 0 atom stereocenters. The molecule has 2 aromatic rings. The second-order valence-electron chi connectivity index (χ2n) is 2.38. The first-order valence-corrected chi connectivity index (χ1v) is 3.58. The number of hydrogen-bond acceptors (Lipinski definition) is 3. The highest BCUT2D eigenvalue weighted by atomic mass is 15.0. The minimum Gasteiger partial charge on any atom is -0.368 e. The van der Waals surface area contributed by atoms with Crippen LogP contribution in [0.5, 0.6) is 0 Å². The Balaban J connectivity index is 2.48. The third-order valence-corrected chi connectivity index (χ3v) is 1.55. The predicted molar refractivity (Wildman–Crippen MR) is 46.2 cm³/mol. The molecule has 0 aliphatic heterocycles. The molecule has 4 heteroatoms. The van der Waals surface area contributed by atoms with Gasteiger partial charge in [0.05, 0.1) is 11.4 Å². The molecule has 0 aromatic carbocycles. The summed E-state index contributed by atoms with van der Waals surface area (Å²) < 4.78 is 0. The van der Waals surface area contributed by atoms with Crippen LogP contribution < -0.4 is 5.73 Å². The molecular weight excluding hydrogens is 152 g/mol. The number of nitrogen functional groups attached to an aromatic ring is 1. The summed E-state index contributed by atoms with van der Waals surface area (Å²) in [6.45, 7) is 0. The fraction of sp³-hybridized carbons (Fsp3) is 0. The van der Waals surface area contributed by atoms with Gasteiger partial charge in [-0.05, 0) is 18.2 Å². The number of aromatic amines is 1. The molecular formula is C8H8N4. The molecule has 2 rings (SSSR count). The lowest BCUT2D eigenvalue weighted by Crippen LogP contribution is -1.94. The highest BCUT2D eigenvalue weighted by Gasteiger charge is 1.98. The zero-order valence-electron chi connectivity index (χ0n) is 6.36. The average molecular weight is 160 g/mol. The van der Waals surface area contributed by atoms with Crippen LogP contribution in [0.4, 0.5) is 5.95 Å². The molecule has 12 heavy (non-hydrogen) atoms. The number of nitrogens with two attached hydrogens (primary N) is 1. The molecule has 2 aromatic heterocycles. The first-order chi connectivity index (χ1) is 5.86. The third kappa shape index (κ3) is 1.14. The van der Waals surface area contributed by atoms with Crippen molar-refractivity contribution in [3.63, 3.8) is 0 Å². The average Bonchev–Trinajstić information content (AvgIpc) is 2.56. The molecule has 0 fully saturated rings. The molecule has 0 radical (unpaired) electrons. The van der Waals surface area contributed by atoms with Gasteiger partial charge in [0.15, 0.2) is 0 Å². The Morgan fingerprint density at radius 1 is 1.33 bits per heavy atom. The van der Waals surface area contributed by atoms with E-state index in [2.05, 4.69) is 15.0 Å². The minimum absolute atomic E-state index is 0.294. The smallest absolute Gasteiger partial charge is 0.220 e. The van der Waals surface area contributed by atoms with Crippen molar-refractivity contribution in [2.24, 2.45) is 0 Å². The molecule has 0 bridgehead atoms. The van der Waals surface area contributed by atoms with E-state index in [9.17, 15) is 0 Å². The second kappa shape index (κ2) is 2.65. The highest BCUT2D eigenvalue weighted by Crippen LogP contribution is 2.13. The van der Waals surface area contributed by atoms with Crippen molar-refractivity contribution in [1.82, 2.24) is 15.0 Å². The summed E-state index contributed by atoms with van der Waals surface area (Å²) in [4.78, 5) is 10.9. The van der Waals surface area contributed by atoms with Crippen LogP contribution in [-0.2, 0) is 0 Å². The topological polar surface area (TPSA) is 67.6 Å². The van der Waals surface area contributed by atoms with Crippen LogP contribution >= 0.6 is 0 Å². The standard InChI is InChI=1S/C8H8N4/c9-8-11-5-3-7(12-8)6-2-1-4-10-6/h1-5,10H,(H2,9,11,12). The number of H-pyrrole nitrogens is 1. The Morgan fingerprint density at radius 3 is 2.92 bits per heavy atom. The van der Waals surface area contributed by atoms with Crippen molar-refractivity contribution >= 4 is 5.95 Å². The summed E-state index contributed by atoms with van der Waals surface area (Å²) in [5.41, 5.74) is 7.19. The van der Waals surface area contributed by atoms with E-state index in [0.717, 1.165) is 11.4 Å². The van der Waals surface area contributed by atoms with Crippen LogP contribution in [0.15, 0.2) is 30.6 Å². The predicted octanol–water partition coefficient (Wildman–Crippen LogP) is 1.05. The number of nitrogens with one attached hydrogen (secondary N) is 1. The third-order valence-electron chi connectivity index (χ3n) is 1.55. The Morgan fingerprint density at radius 2 is 2.25 bits per heavy atom. The second-order valence-corrected chi connectivity index (χ2v) is 2.38. The van der Waals surface area contributed by atoms with E-state index in [-0.39, 0.29) is 0 Å². The van der Waals surface area contributed by atoms with Crippen LogP contribution in [0, 0.1) is 0 Å². The van der Waals surface area contributed by atoms with Gasteiger partial charge in [-0.25, -0.2) is 9.97 Å². The fourth-order valence-electron chi connectivity index (χ4n) is 1.01. The molecule has 0 aliphatic carbocycles. The lowest BCUT2D eigenvalue weighted by molar-refractivity contribution is 1.18. The molecule has 60 valence electrons. The molecule has 3 N–H and O–H groups in total. The summed E-state index contributed by atoms with van der Waals surface area (Å²) in [6.07, 6.45) is 3.48. The zero-order chi connectivity index (χ0) is 8.39. The maximum Gasteiger partial charge on any atom is 0.220 e. The summed E-state index contributed by atoms with van der Waals surface area (Å²) in [5.74, 6) is 0.294. The Labute approximate surface area is 69.5 Å². The molecule has 4 nitrogen and oxygen atoms in total. The Bertz CT molecular complexity index is 366. The SMILES string of the molecule is Nc1nccc(-c2ccc[nH]2)n1. The van der Waals surface area contributed by atoms with Gasteiger partial charge in [0, 0.05) is 12.4 Å². The van der Waals surface area contributed by atoms with Gasteiger partial charge >= 0.3 is 0 Å². The van der Waals surface area contributed by atoms with E-state index in [1.165, 1.54) is 0 Å². The lowest BCUT2D eigenvalue weighted by atomic mass is 10.3. The molecule has 0 spiro atoms.